The van der Waals surface area contributed by atoms with Gasteiger partial charge in [0.2, 0.25) is 0 Å². The van der Waals surface area contributed by atoms with Crippen molar-refractivity contribution in [2.45, 2.75) is 39.2 Å². The summed E-state index contributed by atoms with van der Waals surface area (Å²) < 4.78 is 33.2. The molecule has 0 radical (unpaired) electrons. The molecule has 0 bridgehead atoms. The molecule has 1 aromatic heterocycles. The Morgan fingerprint density at radius 2 is 1.91 bits per heavy atom. The van der Waals surface area contributed by atoms with E-state index in [1.165, 1.54) is 12.1 Å². The number of carboxylic acid groups (broad SMARTS) is 1. The topological polar surface area (TPSA) is 59.4 Å². The normalized spacial score (nSPS) is 13.5. The Labute approximate surface area is 195 Å². The lowest BCUT2D eigenvalue weighted by atomic mass is 9.96. The first-order valence-electron chi connectivity index (χ1n) is 10.7. The lowest BCUT2D eigenvalue weighted by Crippen LogP contribution is -2.05. The number of hydrogen-bond acceptors (Lipinski definition) is 3. The molecular weight excluding hydrogens is 448 g/mol. The van der Waals surface area contributed by atoms with Crippen LogP contribution in [0.25, 0.3) is 11.1 Å². The van der Waals surface area contributed by atoms with Gasteiger partial charge in [0.25, 0.3) is 0 Å². The predicted molar refractivity (Wildman–Crippen MR) is 123 cm³/mol. The molecule has 4 rings (SSSR count). The second kappa shape index (κ2) is 9.71. The van der Waals surface area contributed by atoms with Gasteiger partial charge >= 0.3 is 5.97 Å². The Morgan fingerprint density at radius 1 is 1.12 bits per heavy atom. The van der Waals surface area contributed by atoms with Crippen molar-refractivity contribution < 1.29 is 23.4 Å². The van der Waals surface area contributed by atoms with E-state index in [0.29, 0.717) is 22.9 Å². The molecule has 4 nitrogen and oxygen atoms in total. The van der Waals surface area contributed by atoms with Crippen LogP contribution in [-0.2, 0) is 13.0 Å². The fraction of sp³-hybridized carbons (Fsp3) is 0.231. The van der Waals surface area contributed by atoms with Gasteiger partial charge in [0.15, 0.2) is 0 Å². The number of carboxylic acids is 1. The molecule has 0 saturated carbocycles. The van der Waals surface area contributed by atoms with Crippen LogP contribution in [0.2, 0.25) is 5.02 Å². The third-order valence-corrected chi connectivity index (χ3v) is 6.00. The zero-order valence-corrected chi connectivity index (χ0v) is 18.8. The minimum absolute atomic E-state index is 0.0702. The fourth-order valence-corrected chi connectivity index (χ4v) is 4.31. The van der Waals surface area contributed by atoms with Crippen LogP contribution in [0, 0.1) is 11.6 Å². The second-order valence-electron chi connectivity index (χ2n) is 7.85. The summed E-state index contributed by atoms with van der Waals surface area (Å²) in [6.45, 7) is 1.80. The SMILES string of the molecule is CCc1ncc(C2=C(c3cc(Cl)ccc3OCc3ccc(F)cc3F)CCC2)cc1C(=O)O. The first-order valence-corrected chi connectivity index (χ1v) is 11.1. The lowest BCUT2D eigenvalue weighted by molar-refractivity contribution is 0.0695. The number of pyridine rings is 1. The molecule has 1 heterocycles. The largest absolute Gasteiger partial charge is 0.488 e. The average molecular weight is 470 g/mol. The van der Waals surface area contributed by atoms with Crippen LogP contribution in [0.3, 0.4) is 0 Å². The fourth-order valence-electron chi connectivity index (χ4n) is 4.14. The summed E-state index contributed by atoms with van der Waals surface area (Å²) in [5.41, 5.74) is 4.50. The van der Waals surface area contributed by atoms with Crippen LogP contribution in [0.1, 0.15) is 58.9 Å². The zero-order chi connectivity index (χ0) is 23.5. The molecule has 1 aliphatic rings. The molecule has 1 N–H and O–H groups in total. The summed E-state index contributed by atoms with van der Waals surface area (Å²) in [5.74, 6) is -1.80. The van der Waals surface area contributed by atoms with E-state index in [4.69, 9.17) is 16.3 Å². The summed E-state index contributed by atoms with van der Waals surface area (Å²) in [6.07, 6.45) is 4.65. The van der Waals surface area contributed by atoms with Crippen LogP contribution >= 0.6 is 11.6 Å². The lowest BCUT2D eigenvalue weighted by Gasteiger charge is -2.16. The molecule has 0 saturated heterocycles. The molecular formula is C26H22ClF2NO3. The number of nitrogens with zero attached hydrogens (tertiary/aromatic N) is 1. The van der Waals surface area contributed by atoms with Crippen molar-refractivity contribution in [3.8, 4) is 5.75 Å². The van der Waals surface area contributed by atoms with Gasteiger partial charge in [-0.05, 0) is 78.8 Å². The summed E-state index contributed by atoms with van der Waals surface area (Å²) in [6, 6.07) is 10.3. The summed E-state index contributed by atoms with van der Waals surface area (Å²) in [4.78, 5) is 16.1. The smallest absolute Gasteiger partial charge is 0.337 e. The number of benzene rings is 2. The van der Waals surface area contributed by atoms with Crippen LogP contribution in [0.5, 0.6) is 5.75 Å². The van der Waals surface area contributed by atoms with Crippen LogP contribution in [0.15, 0.2) is 48.7 Å². The number of aryl methyl sites for hydroxylation is 1. The van der Waals surface area contributed by atoms with Crippen molar-refractivity contribution in [3.63, 3.8) is 0 Å². The van der Waals surface area contributed by atoms with Crippen molar-refractivity contribution in [1.82, 2.24) is 4.98 Å². The van der Waals surface area contributed by atoms with Crippen LogP contribution in [0.4, 0.5) is 8.78 Å². The number of ether oxygens (including phenoxy) is 1. The van der Waals surface area contributed by atoms with Gasteiger partial charge in [0.05, 0.1) is 11.3 Å². The van der Waals surface area contributed by atoms with E-state index in [-0.39, 0.29) is 17.7 Å². The third kappa shape index (κ3) is 4.91. The van der Waals surface area contributed by atoms with E-state index >= 15 is 0 Å². The molecule has 0 aliphatic heterocycles. The Balaban J connectivity index is 1.73. The maximum Gasteiger partial charge on any atom is 0.337 e. The third-order valence-electron chi connectivity index (χ3n) is 5.77. The number of halogens is 3. The second-order valence-corrected chi connectivity index (χ2v) is 8.29. The van der Waals surface area contributed by atoms with E-state index in [0.717, 1.165) is 47.6 Å². The highest BCUT2D eigenvalue weighted by atomic mass is 35.5. The standard InChI is InChI=1S/C26H22ClF2NO3/c1-2-24-22(26(31)32)10-16(13-30-24)19-4-3-5-20(19)21-11-17(27)7-9-25(21)33-14-15-6-8-18(28)12-23(15)29/h6-13H,2-5,14H2,1H3,(H,31,32). The molecule has 170 valence electrons. The predicted octanol–water partition coefficient (Wildman–Crippen LogP) is 6.95. The number of hydrogen-bond donors (Lipinski definition) is 1. The highest BCUT2D eigenvalue weighted by Crippen LogP contribution is 2.43. The summed E-state index contributed by atoms with van der Waals surface area (Å²) >= 11 is 6.29. The molecule has 0 unspecified atom stereocenters. The van der Waals surface area contributed by atoms with Crippen molar-refractivity contribution in [2.24, 2.45) is 0 Å². The molecule has 7 heteroatoms. The van der Waals surface area contributed by atoms with Gasteiger partial charge in [0, 0.05) is 28.4 Å². The van der Waals surface area contributed by atoms with Crippen LogP contribution < -0.4 is 4.74 Å². The van der Waals surface area contributed by atoms with Gasteiger partial charge < -0.3 is 9.84 Å². The average Bonchev–Trinajstić information content (AvgIpc) is 3.28. The quantitative estimate of drug-likeness (QED) is 0.407. The molecule has 3 aromatic rings. The van der Waals surface area contributed by atoms with E-state index in [2.05, 4.69) is 4.98 Å². The van der Waals surface area contributed by atoms with Crippen molar-refractivity contribution in [2.75, 3.05) is 0 Å². The molecule has 0 atom stereocenters. The Morgan fingerprint density at radius 3 is 2.64 bits per heavy atom. The maximum absolute atomic E-state index is 14.1. The van der Waals surface area contributed by atoms with Gasteiger partial charge in [-0.1, -0.05) is 18.5 Å². The maximum atomic E-state index is 14.1. The van der Waals surface area contributed by atoms with Crippen molar-refractivity contribution >= 4 is 28.7 Å². The van der Waals surface area contributed by atoms with Crippen molar-refractivity contribution in [1.29, 1.82) is 0 Å². The molecule has 0 spiro atoms. The zero-order valence-electron chi connectivity index (χ0n) is 18.0. The summed E-state index contributed by atoms with van der Waals surface area (Å²) in [7, 11) is 0. The first-order chi connectivity index (χ1) is 15.9. The number of rotatable bonds is 7. The number of aromatic carboxylic acids is 1. The van der Waals surface area contributed by atoms with E-state index in [1.54, 1.807) is 30.5 Å². The van der Waals surface area contributed by atoms with Gasteiger partial charge in [-0.15, -0.1) is 0 Å². The number of carbonyl (C=O) groups is 1. The highest BCUT2D eigenvalue weighted by Gasteiger charge is 2.23. The highest BCUT2D eigenvalue weighted by molar-refractivity contribution is 6.30. The van der Waals surface area contributed by atoms with Gasteiger partial charge in [-0.3, -0.25) is 4.98 Å². The van der Waals surface area contributed by atoms with Gasteiger partial charge in [0.1, 0.15) is 24.0 Å². The molecule has 33 heavy (non-hydrogen) atoms. The molecule has 0 fully saturated rings. The van der Waals surface area contributed by atoms with E-state index in [9.17, 15) is 18.7 Å². The van der Waals surface area contributed by atoms with Gasteiger partial charge in [-0.25, -0.2) is 13.6 Å². The molecule has 0 amide bonds. The van der Waals surface area contributed by atoms with E-state index in [1.807, 2.05) is 6.92 Å². The Bertz CT molecular complexity index is 1260. The molecule has 1 aliphatic carbocycles. The van der Waals surface area contributed by atoms with Crippen LogP contribution in [-0.4, -0.2) is 16.1 Å². The summed E-state index contributed by atoms with van der Waals surface area (Å²) in [5, 5.41) is 10.1. The number of aromatic nitrogens is 1. The Kier molecular flexibility index (Phi) is 6.75. The number of allylic oxidation sites excluding steroid dienone is 2. The van der Waals surface area contributed by atoms with Crippen molar-refractivity contribution in [3.05, 3.63) is 93.3 Å². The first kappa shape index (κ1) is 22.9. The minimum Gasteiger partial charge on any atom is -0.488 e. The Hall–Kier alpha value is -3.25. The van der Waals surface area contributed by atoms with Gasteiger partial charge in [-0.2, -0.15) is 0 Å². The van der Waals surface area contributed by atoms with E-state index < -0.39 is 17.6 Å². The minimum atomic E-state index is -1.01. The molecule has 2 aromatic carbocycles. The monoisotopic (exact) mass is 469 g/mol.